The first-order valence-electron chi connectivity index (χ1n) is 4.53. The lowest BCUT2D eigenvalue weighted by atomic mass is 10.1. The Kier molecular flexibility index (Phi) is 2.61. The molecule has 0 saturated heterocycles. The normalized spacial score (nSPS) is 9.81. The highest BCUT2D eigenvalue weighted by Gasteiger charge is 2.20. The third kappa shape index (κ3) is 1.75. The maximum absolute atomic E-state index is 13.6. The minimum Gasteiger partial charge on any atom is -0.256 e. The van der Waals surface area contributed by atoms with E-state index in [0.717, 1.165) is 12.1 Å². The van der Waals surface area contributed by atoms with Gasteiger partial charge in [0.25, 0.3) is 6.57 Å². The van der Waals surface area contributed by atoms with Gasteiger partial charge in [0.15, 0.2) is 0 Å². The summed E-state index contributed by atoms with van der Waals surface area (Å²) in [7, 11) is 0. The number of pyridine rings is 1. The number of nitrogens with zero attached hydrogens (tertiary/aromatic N) is 2. The number of rotatable bonds is 1. The van der Waals surface area contributed by atoms with Crippen molar-refractivity contribution in [2.75, 3.05) is 0 Å². The lowest BCUT2D eigenvalue weighted by Crippen LogP contribution is -1.89. The molecule has 4 heteroatoms. The van der Waals surface area contributed by atoms with Gasteiger partial charge < -0.3 is 0 Å². The Morgan fingerprint density at radius 2 is 2.00 bits per heavy atom. The Hall–Kier alpha value is -2.28. The molecule has 0 unspecified atom stereocenters. The highest BCUT2D eigenvalue weighted by atomic mass is 19.1. The molecule has 0 radical (unpaired) electrons. The molecule has 78 valence electrons. The van der Waals surface area contributed by atoms with Crippen molar-refractivity contribution in [2.24, 2.45) is 0 Å². The molecule has 0 spiro atoms. The van der Waals surface area contributed by atoms with Gasteiger partial charge in [-0.3, -0.25) is 4.98 Å². The van der Waals surface area contributed by atoms with Crippen LogP contribution in [-0.2, 0) is 0 Å². The molecule has 1 aromatic heterocycles. The summed E-state index contributed by atoms with van der Waals surface area (Å²) in [5.74, 6) is -1.45. The largest absolute Gasteiger partial charge is 0.355 e. The summed E-state index contributed by atoms with van der Waals surface area (Å²) < 4.78 is 26.5. The van der Waals surface area contributed by atoms with Gasteiger partial charge in [0.2, 0.25) is 0 Å². The van der Waals surface area contributed by atoms with Crippen LogP contribution in [0.2, 0.25) is 0 Å². The van der Waals surface area contributed by atoms with Crippen LogP contribution in [0, 0.1) is 18.2 Å². The zero-order valence-electron chi connectivity index (χ0n) is 8.19. The van der Waals surface area contributed by atoms with Crippen LogP contribution < -0.4 is 0 Å². The van der Waals surface area contributed by atoms with Crippen LogP contribution in [0.3, 0.4) is 0 Å². The van der Waals surface area contributed by atoms with Crippen LogP contribution in [0.1, 0.15) is 0 Å². The molecule has 0 atom stereocenters. The fraction of sp³-hybridized carbons (Fsp3) is 0. The van der Waals surface area contributed by atoms with E-state index in [1.807, 2.05) is 0 Å². The van der Waals surface area contributed by atoms with E-state index in [9.17, 15) is 8.78 Å². The smallest absolute Gasteiger partial charge is 0.256 e. The second-order valence-electron chi connectivity index (χ2n) is 3.13. The number of benzene rings is 1. The topological polar surface area (TPSA) is 17.2 Å². The van der Waals surface area contributed by atoms with Crippen LogP contribution in [0.25, 0.3) is 16.1 Å². The minimum absolute atomic E-state index is 0.0381. The fourth-order valence-electron chi connectivity index (χ4n) is 1.43. The van der Waals surface area contributed by atoms with Crippen molar-refractivity contribution >= 4 is 5.69 Å². The van der Waals surface area contributed by atoms with Gasteiger partial charge in [-0.25, -0.2) is 8.78 Å². The van der Waals surface area contributed by atoms with Crippen LogP contribution >= 0.6 is 0 Å². The predicted octanol–water partition coefficient (Wildman–Crippen LogP) is 3.62. The zero-order chi connectivity index (χ0) is 11.5. The highest BCUT2D eigenvalue weighted by molar-refractivity contribution is 5.76. The number of halogens is 2. The molecule has 2 rings (SSSR count). The third-order valence-electron chi connectivity index (χ3n) is 2.09. The van der Waals surface area contributed by atoms with Crippen LogP contribution in [0.15, 0.2) is 36.5 Å². The first kappa shape index (κ1) is 10.2. The molecule has 0 fully saturated rings. The summed E-state index contributed by atoms with van der Waals surface area (Å²) in [6, 6.07) is 6.84. The molecule has 0 N–H and O–H groups in total. The second kappa shape index (κ2) is 4.07. The van der Waals surface area contributed by atoms with E-state index in [1.54, 1.807) is 18.2 Å². The second-order valence-corrected chi connectivity index (χ2v) is 3.13. The summed E-state index contributed by atoms with van der Waals surface area (Å²) in [6.07, 6.45) is 1.51. The van der Waals surface area contributed by atoms with Crippen molar-refractivity contribution < 1.29 is 8.78 Å². The first-order valence-corrected chi connectivity index (χ1v) is 4.53. The Balaban J connectivity index is 2.71. The summed E-state index contributed by atoms with van der Waals surface area (Å²) in [6.45, 7) is 5.09. The van der Waals surface area contributed by atoms with Gasteiger partial charge in [-0.1, -0.05) is 6.07 Å². The Morgan fingerprint density at radius 1 is 1.19 bits per heavy atom. The summed E-state index contributed by atoms with van der Waals surface area (Å²) in [5.41, 5.74) is 0.505. The fourth-order valence-corrected chi connectivity index (χ4v) is 1.43. The lowest BCUT2D eigenvalue weighted by Gasteiger charge is -1.99. The molecule has 0 aliphatic carbocycles. The first-order chi connectivity index (χ1) is 7.72. The van der Waals surface area contributed by atoms with Gasteiger partial charge in [-0.05, 0) is 17.0 Å². The van der Waals surface area contributed by atoms with Crippen molar-refractivity contribution in [3.8, 4) is 17.8 Å². The van der Waals surface area contributed by atoms with Crippen LogP contribution in [0.5, 0.6) is 0 Å². The average molecular weight is 217 g/mol. The summed E-state index contributed by atoms with van der Waals surface area (Å²) in [4.78, 5) is 7.32. The molecular weight excluding hydrogens is 210 g/mol. The molecule has 1 heterocycles. The van der Waals surface area contributed by atoms with Crippen LogP contribution in [-0.4, -0.2) is 4.98 Å². The molecule has 1 aromatic carbocycles. The molecule has 0 aliphatic heterocycles. The van der Waals surface area contributed by atoms with Gasteiger partial charge in [-0.15, -0.1) is 0 Å². The maximum atomic E-state index is 13.6. The molecule has 0 aliphatic rings. The molecule has 0 bridgehead atoms. The Labute approximate surface area is 91.0 Å². The van der Waals surface area contributed by atoms with Gasteiger partial charge in [0, 0.05) is 12.3 Å². The van der Waals surface area contributed by atoms with E-state index in [4.69, 9.17) is 6.57 Å². The van der Waals surface area contributed by atoms with Crippen molar-refractivity contribution in [1.29, 1.82) is 0 Å². The monoisotopic (exact) mass is 217 g/mol. The number of hydrogen-bond acceptors (Lipinski definition) is 1. The predicted molar refractivity (Wildman–Crippen MR) is 57.6 cm³/mol. The average Bonchev–Trinajstić information content (AvgIpc) is 2.29. The lowest BCUT2D eigenvalue weighted by molar-refractivity contribution is 0.586. The van der Waals surface area contributed by atoms with E-state index >= 15 is 0 Å². The number of aromatic nitrogens is 1. The highest BCUT2D eigenvalue weighted by Crippen LogP contribution is 2.32. The summed E-state index contributed by atoms with van der Waals surface area (Å²) in [5, 5.41) is 0. The standard InChI is InChI=1S/C12H7F2N2/c1-15-11-7-8(13)6-9(14)12(11)10-4-2-3-5-16-10/h1-7H/q+1. The number of hydrogen-bond donors (Lipinski definition) is 0. The zero-order valence-corrected chi connectivity index (χ0v) is 8.19. The third-order valence-corrected chi connectivity index (χ3v) is 2.09. The van der Waals surface area contributed by atoms with Crippen molar-refractivity contribution in [3.05, 3.63) is 53.0 Å². The van der Waals surface area contributed by atoms with E-state index in [0.29, 0.717) is 5.69 Å². The van der Waals surface area contributed by atoms with E-state index in [2.05, 4.69) is 9.83 Å². The summed E-state index contributed by atoms with van der Waals surface area (Å²) >= 11 is 0. The minimum atomic E-state index is -0.733. The quantitative estimate of drug-likeness (QED) is 0.713. The van der Waals surface area contributed by atoms with Gasteiger partial charge in [0.1, 0.15) is 17.2 Å². The van der Waals surface area contributed by atoms with Crippen molar-refractivity contribution in [3.63, 3.8) is 0 Å². The van der Waals surface area contributed by atoms with Gasteiger partial charge >= 0.3 is 5.69 Å². The van der Waals surface area contributed by atoms with Crippen molar-refractivity contribution in [1.82, 2.24) is 4.98 Å². The molecule has 2 nitrogen and oxygen atoms in total. The van der Waals surface area contributed by atoms with E-state index in [-0.39, 0.29) is 11.3 Å². The molecule has 0 amide bonds. The Bertz CT molecular complexity index is 559. The van der Waals surface area contributed by atoms with Gasteiger partial charge in [-0.2, -0.15) is 0 Å². The maximum Gasteiger partial charge on any atom is 0.355 e. The Morgan fingerprint density at radius 3 is 2.62 bits per heavy atom. The molecule has 2 aromatic rings. The van der Waals surface area contributed by atoms with E-state index in [1.165, 1.54) is 6.20 Å². The SMILES string of the molecule is C#[N+]c1cc(F)cc(F)c1-c1ccccn1. The molecule has 0 saturated carbocycles. The van der Waals surface area contributed by atoms with E-state index < -0.39 is 11.6 Å². The van der Waals surface area contributed by atoms with Gasteiger partial charge in [0.05, 0.1) is 11.8 Å². The molecular formula is C12H7F2N2+. The molecule has 16 heavy (non-hydrogen) atoms. The van der Waals surface area contributed by atoms with Crippen molar-refractivity contribution in [2.45, 2.75) is 0 Å². The van der Waals surface area contributed by atoms with Crippen LogP contribution in [0.4, 0.5) is 14.5 Å².